The first-order valence-electron chi connectivity index (χ1n) is 6.98. The van der Waals surface area contributed by atoms with Gasteiger partial charge in [-0.2, -0.15) is 0 Å². The van der Waals surface area contributed by atoms with Crippen molar-refractivity contribution in [1.82, 2.24) is 4.57 Å². The molecule has 0 aliphatic heterocycles. The standard InChI is InChI=1S/C17H17FINO/c1-10-6-12-15(8-17(2,3)9-16(12)21)20(10)14-5-4-11(18)7-13(14)19/h4-7H,8-9H2,1-3H3. The molecule has 0 amide bonds. The minimum absolute atomic E-state index is 0.0297. The average Bonchev–Trinajstić information content (AvgIpc) is 2.65. The molecule has 2 nitrogen and oxygen atoms in total. The van der Waals surface area contributed by atoms with Crippen LogP contribution in [0.2, 0.25) is 0 Å². The molecule has 0 radical (unpaired) electrons. The second-order valence-electron chi connectivity index (χ2n) is 6.52. The van der Waals surface area contributed by atoms with Crippen molar-refractivity contribution in [2.75, 3.05) is 0 Å². The summed E-state index contributed by atoms with van der Waals surface area (Å²) in [5.74, 6) is -0.0292. The number of ketones is 1. The lowest BCUT2D eigenvalue weighted by molar-refractivity contribution is 0.0911. The van der Waals surface area contributed by atoms with Crippen LogP contribution in [0.4, 0.5) is 4.39 Å². The highest BCUT2D eigenvalue weighted by Crippen LogP contribution is 2.38. The predicted molar refractivity (Wildman–Crippen MR) is 89.6 cm³/mol. The van der Waals surface area contributed by atoms with Gasteiger partial charge in [-0.3, -0.25) is 4.79 Å². The predicted octanol–water partition coefficient (Wildman–Crippen LogP) is 4.68. The SMILES string of the molecule is Cc1cc2c(n1-c1ccc(F)cc1I)CC(C)(C)CC2=O. The van der Waals surface area contributed by atoms with Crippen LogP contribution < -0.4 is 0 Å². The van der Waals surface area contributed by atoms with Gasteiger partial charge in [-0.1, -0.05) is 13.8 Å². The number of aromatic nitrogens is 1. The summed E-state index contributed by atoms with van der Waals surface area (Å²) in [5, 5.41) is 0. The molecule has 0 atom stereocenters. The number of Topliss-reactive ketones (excluding diaryl/α,β-unsaturated/α-hetero) is 1. The zero-order valence-electron chi connectivity index (χ0n) is 12.3. The van der Waals surface area contributed by atoms with Crippen LogP contribution in [0, 0.1) is 21.7 Å². The lowest BCUT2D eigenvalue weighted by atomic mass is 9.76. The number of rotatable bonds is 1. The second-order valence-corrected chi connectivity index (χ2v) is 7.68. The minimum Gasteiger partial charge on any atom is -0.316 e. The van der Waals surface area contributed by atoms with E-state index in [0.717, 1.165) is 32.6 Å². The first kappa shape index (κ1) is 14.8. The molecule has 0 saturated carbocycles. The van der Waals surface area contributed by atoms with E-state index in [-0.39, 0.29) is 17.0 Å². The maximum Gasteiger partial charge on any atom is 0.165 e. The van der Waals surface area contributed by atoms with Crippen molar-refractivity contribution in [2.24, 2.45) is 5.41 Å². The highest BCUT2D eigenvalue weighted by Gasteiger charge is 2.34. The van der Waals surface area contributed by atoms with Gasteiger partial charge >= 0.3 is 0 Å². The van der Waals surface area contributed by atoms with Gasteiger partial charge in [-0.05, 0) is 65.6 Å². The Balaban J connectivity index is 2.23. The molecule has 0 N–H and O–H groups in total. The third kappa shape index (κ3) is 2.54. The Hall–Kier alpha value is -1.17. The van der Waals surface area contributed by atoms with E-state index in [1.165, 1.54) is 12.1 Å². The number of halogens is 2. The van der Waals surface area contributed by atoms with Crippen molar-refractivity contribution in [3.05, 3.63) is 50.6 Å². The van der Waals surface area contributed by atoms with E-state index in [2.05, 4.69) is 41.0 Å². The minimum atomic E-state index is -0.238. The molecule has 0 fully saturated rings. The van der Waals surface area contributed by atoms with Crippen LogP contribution in [0.5, 0.6) is 0 Å². The van der Waals surface area contributed by atoms with Crippen molar-refractivity contribution < 1.29 is 9.18 Å². The lowest BCUT2D eigenvalue weighted by Crippen LogP contribution is -2.28. The maximum atomic E-state index is 13.3. The van der Waals surface area contributed by atoms with Crippen LogP contribution in [0.3, 0.4) is 0 Å². The summed E-state index contributed by atoms with van der Waals surface area (Å²) in [5.41, 5.74) is 3.82. The van der Waals surface area contributed by atoms with E-state index >= 15 is 0 Å². The molecule has 110 valence electrons. The molecule has 3 rings (SSSR count). The van der Waals surface area contributed by atoms with Gasteiger partial charge in [0.2, 0.25) is 0 Å². The Kier molecular flexibility index (Phi) is 3.47. The smallest absolute Gasteiger partial charge is 0.165 e. The largest absolute Gasteiger partial charge is 0.316 e. The first-order valence-corrected chi connectivity index (χ1v) is 8.06. The summed E-state index contributed by atoms with van der Waals surface area (Å²) in [6, 6.07) is 6.75. The molecule has 4 heteroatoms. The van der Waals surface area contributed by atoms with E-state index in [0.29, 0.717) is 6.42 Å². The van der Waals surface area contributed by atoms with Crippen LogP contribution in [-0.2, 0) is 6.42 Å². The fourth-order valence-corrected chi connectivity index (χ4v) is 3.87. The van der Waals surface area contributed by atoms with Crippen LogP contribution >= 0.6 is 22.6 Å². The summed E-state index contributed by atoms with van der Waals surface area (Å²) in [4.78, 5) is 12.4. The summed E-state index contributed by atoms with van der Waals surface area (Å²) < 4.78 is 16.3. The number of carbonyl (C=O) groups is 1. The number of hydrogen-bond acceptors (Lipinski definition) is 1. The van der Waals surface area contributed by atoms with Crippen LogP contribution in [0.1, 0.15) is 42.0 Å². The van der Waals surface area contributed by atoms with Gasteiger partial charge in [0, 0.05) is 26.9 Å². The maximum absolute atomic E-state index is 13.3. The number of aryl methyl sites for hydroxylation is 1. The highest BCUT2D eigenvalue weighted by atomic mass is 127. The van der Waals surface area contributed by atoms with Crippen LogP contribution in [-0.4, -0.2) is 10.4 Å². The van der Waals surface area contributed by atoms with Gasteiger partial charge in [-0.15, -0.1) is 0 Å². The van der Waals surface area contributed by atoms with Gasteiger partial charge in [0.05, 0.1) is 5.69 Å². The quantitative estimate of drug-likeness (QED) is 0.641. The molecular weight excluding hydrogens is 380 g/mol. The third-order valence-electron chi connectivity index (χ3n) is 4.02. The molecule has 21 heavy (non-hydrogen) atoms. The molecule has 2 aromatic rings. The third-order valence-corrected chi connectivity index (χ3v) is 4.89. The molecular formula is C17H17FINO. The Bertz CT molecular complexity index is 745. The van der Waals surface area contributed by atoms with Gasteiger partial charge in [0.25, 0.3) is 0 Å². The zero-order valence-corrected chi connectivity index (χ0v) is 14.5. The first-order chi connectivity index (χ1) is 9.78. The Morgan fingerprint density at radius 3 is 2.62 bits per heavy atom. The fourth-order valence-electron chi connectivity index (χ4n) is 3.15. The van der Waals surface area contributed by atoms with E-state index in [4.69, 9.17) is 0 Å². The zero-order chi connectivity index (χ0) is 15.4. The highest BCUT2D eigenvalue weighted by molar-refractivity contribution is 14.1. The average molecular weight is 397 g/mol. The number of benzene rings is 1. The summed E-state index contributed by atoms with van der Waals surface area (Å²) in [6.07, 6.45) is 1.44. The van der Waals surface area contributed by atoms with Gasteiger partial charge in [-0.25, -0.2) is 4.39 Å². The number of fused-ring (bicyclic) bond motifs is 1. The van der Waals surface area contributed by atoms with Crippen LogP contribution in [0.25, 0.3) is 5.69 Å². The molecule has 0 spiro atoms. The van der Waals surface area contributed by atoms with Crippen molar-refractivity contribution in [2.45, 2.75) is 33.6 Å². The Labute approximate surface area is 137 Å². The fraction of sp³-hybridized carbons (Fsp3) is 0.353. The Morgan fingerprint density at radius 1 is 1.24 bits per heavy atom. The number of nitrogens with zero attached hydrogens (tertiary/aromatic N) is 1. The normalized spacial score (nSPS) is 16.9. The van der Waals surface area contributed by atoms with E-state index in [9.17, 15) is 9.18 Å². The summed E-state index contributed by atoms with van der Waals surface area (Å²) in [6.45, 7) is 6.24. The molecule has 0 bridgehead atoms. The van der Waals surface area contributed by atoms with Crippen molar-refractivity contribution >= 4 is 28.4 Å². The number of hydrogen-bond donors (Lipinski definition) is 0. The topological polar surface area (TPSA) is 22.0 Å². The molecule has 1 aliphatic rings. The lowest BCUT2D eigenvalue weighted by Gasteiger charge is -2.30. The van der Waals surface area contributed by atoms with Crippen LogP contribution in [0.15, 0.2) is 24.3 Å². The van der Waals surface area contributed by atoms with Gasteiger partial charge < -0.3 is 4.57 Å². The van der Waals surface area contributed by atoms with E-state index in [1.54, 1.807) is 6.07 Å². The van der Waals surface area contributed by atoms with Gasteiger partial charge in [0.15, 0.2) is 5.78 Å². The van der Waals surface area contributed by atoms with Crippen molar-refractivity contribution in [3.63, 3.8) is 0 Å². The van der Waals surface area contributed by atoms with Crippen molar-refractivity contribution in [3.8, 4) is 5.69 Å². The molecule has 0 unspecified atom stereocenters. The van der Waals surface area contributed by atoms with Crippen molar-refractivity contribution in [1.29, 1.82) is 0 Å². The van der Waals surface area contributed by atoms with E-state index < -0.39 is 0 Å². The molecule has 1 heterocycles. The van der Waals surface area contributed by atoms with Gasteiger partial charge in [0.1, 0.15) is 5.82 Å². The monoisotopic (exact) mass is 397 g/mol. The second kappa shape index (κ2) is 4.93. The molecule has 1 aliphatic carbocycles. The summed E-state index contributed by atoms with van der Waals surface area (Å²) in [7, 11) is 0. The summed E-state index contributed by atoms with van der Waals surface area (Å²) >= 11 is 2.15. The molecule has 1 aromatic heterocycles. The molecule has 0 saturated heterocycles. The Morgan fingerprint density at radius 2 is 1.95 bits per heavy atom. The molecule has 1 aromatic carbocycles. The number of carbonyl (C=O) groups excluding carboxylic acids is 1. The van der Waals surface area contributed by atoms with E-state index in [1.807, 2.05) is 13.0 Å².